The van der Waals surface area contributed by atoms with Crippen LogP contribution in [0.15, 0.2) is 30.5 Å². The van der Waals surface area contributed by atoms with Gasteiger partial charge < -0.3 is 9.88 Å². The number of aromatic nitrogens is 1. The first-order valence-electron chi connectivity index (χ1n) is 6.92. The first kappa shape index (κ1) is 12.3. The lowest BCUT2D eigenvalue weighted by molar-refractivity contribution is 0.0630. The van der Waals surface area contributed by atoms with Gasteiger partial charge in [0, 0.05) is 35.8 Å². The monoisotopic (exact) mass is 256 g/mol. The Kier molecular flexibility index (Phi) is 2.85. The molecule has 1 N–H and O–H groups in total. The molecule has 3 nitrogen and oxygen atoms in total. The maximum atomic E-state index is 12.5. The Morgan fingerprint density at radius 1 is 1.21 bits per heavy atom. The van der Waals surface area contributed by atoms with Crippen LogP contribution >= 0.6 is 0 Å². The zero-order valence-corrected chi connectivity index (χ0v) is 11.6. The van der Waals surface area contributed by atoms with Crippen LogP contribution in [-0.4, -0.2) is 28.9 Å². The summed E-state index contributed by atoms with van der Waals surface area (Å²) in [5, 5.41) is 1.10. The number of carbonyl (C=O) groups is 1. The summed E-state index contributed by atoms with van der Waals surface area (Å²) in [6.45, 7) is 6.30. The summed E-state index contributed by atoms with van der Waals surface area (Å²) >= 11 is 0. The van der Waals surface area contributed by atoms with Crippen LogP contribution in [0.5, 0.6) is 0 Å². The van der Waals surface area contributed by atoms with E-state index in [0.29, 0.717) is 5.41 Å². The van der Waals surface area contributed by atoms with Gasteiger partial charge in [-0.25, -0.2) is 0 Å². The fraction of sp³-hybridized carbons (Fsp3) is 0.438. The standard InChI is InChI=1S/C16H20N2O/c1-16(2)6-9-18(10-7-16)15(19)13-3-4-14-12(11-13)5-8-17-14/h3-5,8,11,17H,6-7,9-10H2,1-2H3. The lowest BCUT2D eigenvalue weighted by atomic mass is 9.82. The number of amides is 1. The van der Waals surface area contributed by atoms with Crippen molar-refractivity contribution in [1.29, 1.82) is 0 Å². The molecule has 3 rings (SSSR count). The van der Waals surface area contributed by atoms with E-state index >= 15 is 0 Å². The van der Waals surface area contributed by atoms with Crippen LogP contribution < -0.4 is 0 Å². The highest BCUT2D eigenvalue weighted by Crippen LogP contribution is 2.30. The molecule has 0 atom stereocenters. The minimum absolute atomic E-state index is 0.165. The molecule has 0 saturated carbocycles. The number of benzene rings is 1. The molecule has 1 saturated heterocycles. The molecule has 19 heavy (non-hydrogen) atoms. The molecule has 1 fully saturated rings. The highest BCUT2D eigenvalue weighted by atomic mass is 16.2. The van der Waals surface area contributed by atoms with Gasteiger partial charge in [0.1, 0.15) is 0 Å². The van der Waals surface area contributed by atoms with Crippen molar-refractivity contribution >= 4 is 16.8 Å². The number of aromatic amines is 1. The molecular weight excluding hydrogens is 236 g/mol. The van der Waals surface area contributed by atoms with Gasteiger partial charge >= 0.3 is 0 Å². The highest BCUT2D eigenvalue weighted by Gasteiger charge is 2.28. The summed E-state index contributed by atoms with van der Waals surface area (Å²) in [5.41, 5.74) is 2.25. The quantitative estimate of drug-likeness (QED) is 0.833. The minimum Gasteiger partial charge on any atom is -0.361 e. The zero-order valence-electron chi connectivity index (χ0n) is 11.6. The summed E-state index contributed by atoms with van der Waals surface area (Å²) in [7, 11) is 0. The third kappa shape index (κ3) is 2.37. The average molecular weight is 256 g/mol. The molecule has 1 aliphatic rings. The van der Waals surface area contributed by atoms with Crippen LogP contribution in [-0.2, 0) is 0 Å². The van der Waals surface area contributed by atoms with Crippen molar-refractivity contribution in [2.75, 3.05) is 13.1 Å². The molecule has 2 aromatic rings. The second-order valence-electron chi connectivity index (χ2n) is 6.24. The van der Waals surface area contributed by atoms with Crippen LogP contribution in [0.4, 0.5) is 0 Å². The average Bonchev–Trinajstić information content (AvgIpc) is 2.85. The molecule has 3 heteroatoms. The number of piperidine rings is 1. The van der Waals surface area contributed by atoms with Gasteiger partial charge in [-0.1, -0.05) is 13.8 Å². The molecule has 1 amide bonds. The molecule has 0 unspecified atom stereocenters. The fourth-order valence-electron chi connectivity index (χ4n) is 2.68. The normalized spacial score (nSPS) is 18.7. The van der Waals surface area contributed by atoms with Crippen molar-refractivity contribution in [3.05, 3.63) is 36.0 Å². The largest absolute Gasteiger partial charge is 0.361 e. The smallest absolute Gasteiger partial charge is 0.253 e. The Hall–Kier alpha value is -1.77. The van der Waals surface area contributed by atoms with Crippen molar-refractivity contribution in [2.45, 2.75) is 26.7 Å². The first-order chi connectivity index (χ1) is 9.05. The topological polar surface area (TPSA) is 36.1 Å². The molecule has 0 bridgehead atoms. The van der Waals surface area contributed by atoms with Gasteiger partial charge in [0.15, 0.2) is 0 Å². The molecule has 100 valence electrons. The number of nitrogens with one attached hydrogen (secondary N) is 1. The summed E-state index contributed by atoms with van der Waals surface area (Å²) in [6.07, 6.45) is 4.08. The number of likely N-dealkylation sites (tertiary alicyclic amines) is 1. The molecule has 0 radical (unpaired) electrons. The number of nitrogens with zero attached hydrogens (tertiary/aromatic N) is 1. The maximum absolute atomic E-state index is 12.5. The van der Waals surface area contributed by atoms with E-state index < -0.39 is 0 Å². The van der Waals surface area contributed by atoms with E-state index in [2.05, 4.69) is 18.8 Å². The first-order valence-corrected chi connectivity index (χ1v) is 6.92. The summed E-state index contributed by atoms with van der Waals surface area (Å²) in [6, 6.07) is 7.89. The molecule has 2 heterocycles. The van der Waals surface area contributed by atoms with Gasteiger partial charge in [0.25, 0.3) is 5.91 Å². The van der Waals surface area contributed by atoms with Crippen LogP contribution in [0.1, 0.15) is 37.0 Å². The number of carbonyl (C=O) groups excluding carboxylic acids is 1. The molecule has 1 aromatic carbocycles. The predicted molar refractivity (Wildman–Crippen MR) is 77.2 cm³/mol. The van der Waals surface area contributed by atoms with E-state index in [9.17, 15) is 4.79 Å². The molecule has 1 aliphatic heterocycles. The van der Waals surface area contributed by atoms with Crippen molar-refractivity contribution in [2.24, 2.45) is 5.41 Å². The number of hydrogen-bond acceptors (Lipinski definition) is 1. The van der Waals surface area contributed by atoms with E-state index in [1.165, 1.54) is 0 Å². The Morgan fingerprint density at radius 2 is 1.95 bits per heavy atom. The lowest BCUT2D eigenvalue weighted by Gasteiger charge is -2.37. The number of hydrogen-bond donors (Lipinski definition) is 1. The van der Waals surface area contributed by atoms with Gasteiger partial charge in [-0.2, -0.15) is 0 Å². The van der Waals surface area contributed by atoms with E-state index in [4.69, 9.17) is 0 Å². The van der Waals surface area contributed by atoms with Crippen molar-refractivity contribution in [3.63, 3.8) is 0 Å². The lowest BCUT2D eigenvalue weighted by Crippen LogP contribution is -2.41. The van der Waals surface area contributed by atoms with Gasteiger partial charge in [-0.3, -0.25) is 4.79 Å². The van der Waals surface area contributed by atoms with E-state index in [0.717, 1.165) is 42.4 Å². The van der Waals surface area contributed by atoms with Gasteiger partial charge in [-0.05, 0) is 42.5 Å². The van der Waals surface area contributed by atoms with Gasteiger partial charge in [-0.15, -0.1) is 0 Å². The molecular formula is C16H20N2O. The second kappa shape index (κ2) is 4.41. The van der Waals surface area contributed by atoms with Crippen LogP contribution in [0.3, 0.4) is 0 Å². The summed E-state index contributed by atoms with van der Waals surface area (Å²) < 4.78 is 0. The van der Waals surface area contributed by atoms with Crippen LogP contribution in [0.25, 0.3) is 10.9 Å². The third-order valence-electron chi connectivity index (χ3n) is 4.20. The van der Waals surface area contributed by atoms with Crippen molar-refractivity contribution < 1.29 is 4.79 Å². The maximum Gasteiger partial charge on any atom is 0.253 e. The molecule has 0 spiro atoms. The predicted octanol–water partition coefficient (Wildman–Crippen LogP) is 3.43. The van der Waals surface area contributed by atoms with E-state index in [1.807, 2.05) is 35.4 Å². The minimum atomic E-state index is 0.165. The summed E-state index contributed by atoms with van der Waals surface area (Å²) in [5.74, 6) is 0.165. The Balaban J connectivity index is 1.80. The third-order valence-corrected chi connectivity index (χ3v) is 4.20. The Morgan fingerprint density at radius 3 is 2.68 bits per heavy atom. The van der Waals surface area contributed by atoms with Gasteiger partial charge in [0.05, 0.1) is 0 Å². The fourth-order valence-corrected chi connectivity index (χ4v) is 2.68. The highest BCUT2D eigenvalue weighted by molar-refractivity contribution is 5.98. The summed E-state index contributed by atoms with van der Waals surface area (Å²) in [4.78, 5) is 17.6. The molecule has 0 aliphatic carbocycles. The number of H-pyrrole nitrogens is 1. The number of rotatable bonds is 1. The van der Waals surface area contributed by atoms with Crippen molar-refractivity contribution in [3.8, 4) is 0 Å². The van der Waals surface area contributed by atoms with Crippen LogP contribution in [0, 0.1) is 5.41 Å². The zero-order chi connectivity index (χ0) is 13.5. The van der Waals surface area contributed by atoms with E-state index in [-0.39, 0.29) is 5.91 Å². The Bertz CT molecular complexity index is 602. The molecule has 1 aromatic heterocycles. The van der Waals surface area contributed by atoms with Gasteiger partial charge in [0.2, 0.25) is 0 Å². The van der Waals surface area contributed by atoms with Crippen molar-refractivity contribution in [1.82, 2.24) is 9.88 Å². The van der Waals surface area contributed by atoms with Crippen LogP contribution in [0.2, 0.25) is 0 Å². The SMILES string of the molecule is CC1(C)CCN(C(=O)c2ccc3[nH]ccc3c2)CC1. The van der Waals surface area contributed by atoms with E-state index in [1.54, 1.807) is 0 Å². The Labute approximate surface area is 113 Å². The number of fused-ring (bicyclic) bond motifs is 1. The second-order valence-corrected chi connectivity index (χ2v) is 6.24.